The highest BCUT2D eigenvalue weighted by molar-refractivity contribution is 9.10. The first kappa shape index (κ1) is 23.4. The summed E-state index contributed by atoms with van der Waals surface area (Å²) in [4.78, 5) is 19.9. The molecule has 2 aliphatic rings. The molecular weight excluding hydrogens is 536 g/mol. The van der Waals surface area contributed by atoms with Crippen LogP contribution in [-0.2, 0) is 9.53 Å². The quantitative estimate of drug-likeness (QED) is 0.366. The molecule has 1 fully saturated rings. The molecule has 2 aliphatic heterocycles. The van der Waals surface area contributed by atoms with Crippen molar-refractivity contribution in [1.29, 1.82) is 0 Å². The van der Waals surface area contributed by atoms with Gasteiger partial charge in [0.25, 0.3) is 11.8 Å². The van der Waals surface area contributed by atoms with E-state index in [1.807, 2.05) is 66.7 Å². The molecule has 1 amide bonds. The number of hydrogen-bond donors (Lipinski definition) is 2. The predicted octanol–water partition coefficient (Wildman–Crippen LogP) is 4.60. The van der Waals surface area contributed by atoms with Crippen LogP contribution in [0.25, 0.3) is 17.2 Å². The number of para-hydroxylation sites is 1. The van der Waals surface area contributed by atoms with E-state index >= 15 is 0 Å². The number of pyridine rings is 1. The van der Waals surface area contributed by atoms with Crippen molar-refractivity contribution >= 4 is 44.8 Å². The molecule has 9 nitrogen and oxygen atoms in total. The lowest BCUT2D eigenvalue weighted by atomic mass is 9.96. The molecule has 2 N–H and O–H groups in total. The zero-order valence-corrected chi connectivity index (χ0v) is 21.3. The average molecular weight is 559 g/mol. The van der Waals surface area contributed by atoms with Crippen molar-refractivity contribution in [2.75, 3.05) is 41.8 Å². The monoisotopic (exact) mass is 558 g/mol. The molecule has 0 bridgehead atoms. The Labute approximate surface area is 221 Å². The molecule has 37 heavy (non-hydrogen) atoms. The Kier molecular flexibility index (Phi) is 6.42. The number of aromatic nitrogens is 3. The minimum Gasteiger partial charge on any atom is -0.402 e. The third kappa shape index (κ3) is 4.85. The number of hydrogen-bond acceptors (Lipinski definition) is 8. The maximum absolute atomic E-state index is 13.2. The topological polar surface area (TPSA) is 105 Å². The van der Waals surface area contributed by atoms with E-state index in [0.29, 0.717) is 18.9 Å². The fourth-order valence-electron chi connectivity index (χ4n) is 4.50. The van der Waals surface area contributed by atoms with Gasteiger partial charge in [-0.2, -0.15) is 0 Å². The maximum Gasteiger partial charge on any atom is 0.316 e. The molecule has 10 heteroatoms. The second kappa shape index (κ2) is 10.2. The second-order valence-corrected chi connectivity index (χ2v) is 9.55. The van der Waals surface area contributed by atoms with E-state index in [9.17, 15) is 4.79 Å². The van der Waals surface area contributed by atoms with Crippen molar-refractivity contribution in [3.8, 4) is 11.6 Å². The normalized spacial score (nSPS) is 17.4. The van der Waals surface area contributed by atoms with Crippen LogP contribution >= 0.6 is 15.9 Å². The van der Waals surface area contributed by atoms with Crippen molar-refractivity contribution < 1.29 is 13.9 Å². The highest BCUT2D eigenvalue weighted by atomic mass is 79.9. The lowest BCUT2D eigenvalue weighted by Crippen LogP contribution is -2.36. The molecule has 0 aliphatic carbocycles. The van der Waals surface area contributed by atoms with Crippen molar-refractivity contribution in [3.63, 3.8) is 0 Å². The van der Waals surface area contributed by atoms with Gasteiger partial charge in [-0.05, 0) is 45.3 Å². The fourth-order valence-corrected chi connectivity index (χ4v) is 4.81. The lowest BCUT2D eigenvalue weighted by molar-refractivity contribution is -0.116. The van der Waals surface area contributed by atoms with Crippen LogP contribution in [0.4, 0.5) is 17.4 Å². The van der Waals surface area contributed by atoms with E-state index in [4.69, 9.17) is 9.15 Å². The summed E-state index contributed by atoms with van der Waals surface area (Å²) in [7, 11) is 0. The molecule has 1 saturated heterocycles. The molecular formula is C27H23BrN6O3. The first-order valence-corrected chi connectivity index (χ1v) is 12.7. The van der Waals surface area contributed by atoms with Crippen LogP contribution in [0.5, 0.6) is 0 Å². The number of amides is 1. The van der Waals surface area contributed by atoms with E-state index < -0.39 is 6.04 Å². The minimum absolute atomic E-state index is 0.127. The van der Waals surface area contributed by atoms with Crippen molar-refractivity contribution in [1.82, 2.24) is 15.2 Å². The van der Waals surface area contributed by atoms with E-state index in [1.54, 1.807) is 6.20 Å². The number of morpholine rings is 1. The number of anilines is 3. The Balaban J connectivity index is 1.32. The van der Waals surface area contributed by atoms with Crippen LogP contribution in [-0.4, -0.2) is 53.4 Å². The van der Waals surface area contributed by atoms with Crippen LogP contribution in [0.15, 0.2) is 81.8 Å². The number of fused-ring (bicyclic) bond motifs is 1. The number of rotatable bonds is 5. The van der Waals surface area contributed by atoms with Gasteiger partial charge in [0, 0.05) is 35.0 Å². The Bertz CT molecular complexity index is 1470. The molecule has 0 radical (unpaired) electrons. The molecule has 0 saturated carbocycles. The fraction of sp³-hybridized carbons (Fsp3) is 0.185. The largest absolute Gasteiger partial charge is 0.402 e. The van der Waals surface area contributed by atoms with Crippen LogP contribution in [0.3, 0.4) is 0 Å². The van der Waals surface area contributed by atoms with Gasteiger partial charge in [-0.25, -0.2) is 4.98 Å². The number of halogens is 1. The number of carbonyl (C=O) groups excluding carboxylic acids is 1. The summed E-state index contributed by atoms with van der Waals surface area (Å²) >= 11 is 3.51. The summed E-state index contributed by atoms with van der Waals surface area (Å²) in [5.41, 5.74) is 5.06. The summed E-state index contributed by atoms with van der Waals surface area (Å²) in [6.45, 7) is 2.75. The predicted molar refractivity (Wildman–Crippen MR) is 144 cm³/mol. The number of ether oxygens (including phenoxy) is 1. The summed E-state index contributed by atoms with van der Waals surface area (Å²) < 4.78 is 12.3. The van der Waals surface area contributed by atoms with Crippen LogP contribution in [0.2, 0.25) is 0 Å². The number of nitrogens with zero attached hydrogens (tertiary/aromatic N) is 4. The Morgan fingerprint density at radius 3 is 2.65 bits per heavy atom. The summed E-state index contributed by atoms with van der Waals surface area (Å²) in [6.07, 6.45) is 3.58. The van der Waals surface area contributed by atoms with Gasteiger partial charge in [0.1, 0.15) is 6.04 Å². The SMILES string of the molecule is O=C1Nc2ccccc2C(c2ccccc2)=CC1Nc1nnc(-c2ncc(Br)cc2N2CCOCC2)o1. The third-order valence-corrected chi connectivity index (χ3v) is 6.70. The maximum atomic E-state index is 13.2. The Hall–Kier alpha value is -4.02. The Morgan fingerprint density at radius 1 is 1.03 bits per heavy atom. The highest BCUT2D eigenvalue weighted by Gasteiger charge is 2.27. The van der Waals surface area contributed by atoms with E-state index in [2.05, 4.69) is 46.6 Å². The van der Waals surface area contributed by atoms with Crippen LogP contribution in [0, 0.1) is 0 Å². The molecule has 0 spiro atoms. The number of carbonyl (C=O) groups is 1. The van der Waals surface area contributed by atoms with E-state index in [1.165, 1.54) is 0 Å². The summed E-state index contributed by atoms with van der Waals surface area (Å²) in [5.74, 6) is 0.0370. The van der Waals surface area contributed by atoms with Crippen LogP contribution < -0.4 is 15.5 Å². The summed E-state index contributed by atoms with van der Waals surface area (Å²) in [6, 6.07) is 19.1. The molecule has 2 aromatic heterocycles. The van der Waals surface area contributed by atoms with Gasteiger partial charge in [-0.15, -0.1) is 5.10 Å². The molecule has 4 heterocycles. The molecule has 6 rings (SSSR count). The van der Waals surface area contributed by atoms with E-state index in [0.717, 1.165) is 45.6 Å². The molecule has 4 aromatic rings. The van der Waals surface area contributed by atoms with E-state index in [-0.39, 0.29) is 17.8 Å². The Morgan fingerprint density at radius 2 is 1.81 bits per heavy atom. The highest BCUT2D eigenvalue weighted by Crippen LogP contribution is 2.34. The van der Waals surface area contributed by atoms with Crippen LogP contribution in [0.1, 0.15) is 11.1 Å². The van der Waals surface area contributed by atoms with Gasteiger partial charge in [0.05, 0.1) is 18.9 Å². The zero-order chi connectivity index (χ0) is 25.2. The first-order chi connectivity index (χ1) is 18.2. The smallest absolute Gasteiger partial charge is 0.316 e. The van der Waals surface area contributed by atoms with Crippen molar-refractivity contribution in [3.05, 3.63) is 88.5 Å². The lowest BCUT2D eigenvalue weighted by Gasteiger charge is -2.29. The minimum atomic E-state index is -0.743. The second-order valence-electron chi connectivity index (χ2n) is 8.64. The third-order valence-electron chi connectivity index (χ3n) is 6.27. The summed E-state index contributed by atoms with van der Waals surface area (Å²) in [5, 5.41) is 14.5. The van der Waals surface area contributed by atoms with Crippen molar-refractivity contribution in [2.45, 2.75) is 6.04 Å². The number of nitrogens with one attached hydrogen (secondary N) is 2. The number of benzene rings is 2. The van der Waals surface area contributed by atoms with Gasteiger partial charge in [0.15, 0.2) is 5.69 Å². The van der Waals surface area contributed by atoms with Gasteiger partial charge in [-0.1, -0.05) is 53.6 Å². The standard InChI is InChI=1S/C27H23BrN6O3/c28-18-14-23(34-10-12-36-13-11-34)24(29-16-18)26-32-33-27(37-26)31-22-15-20(17-6-2-1-3-7-17)19-8-4-5-9-21(19)30-25(22)35/h1-9,14-16,22H,10-13H2,(H,30,35)(H,31,33). The van der Waals surface area contributed by atoms with Gasteiger partial charge < -0.3 is 24.7 Å². The zero-order valence-electron chi connectivity index (χ0n) is 19.7. The van der Waals surface area contributed by atoms with Gasteiger partial charge in [-0.3, -0.25) is 4.79 Å². The first-order valence-electron chi connectivity index (χ1n) is 11.9. The van der Waals surface area contributed by atoms with Crippen molar-refractivity contribution in [2.24, 2.45) is 0 Å². The average Bonchev–Trinajstić information content (AvgIpc) is 3.35. The molecule has 2 aromatic carbocycles. The van der Waals surface area contributed by atoms with Gasteiger partial charge >= 0.3 is 6.01 Å². The molecule has 1 atom stereocenters. The molecule has 1 unspecified atom stereocenters. The van der Waals surface area contributed by atoms with Gasteiger partial charge in [0.2, 0.25) is 0 Å². The molecule has 186 valence electrons.